The van der Waals surface area contributed by atoms with Crippen molar-refractivity contribution in [3.05, 3.63) is 65.2 Å². The summed E-state index contributed by atoms with van der Waals surface area (Å²) in [6.07, 6.45) is 0. The molecule has 0 amide bonds. The summed E-state index contributed by atoms with van der Waals surface area (Å²) in [7, 11) is 0. The van der Waals surface area contributed by atoms with Crippen molar-refractivity contribution in [2.75, 3.05) is 6.61 Å². The van der Waals surface area contributed by atoms with E-state index < -0.39 is 0 Å². The largest absolute Gasteiger partial charge is 0.492 e. The van der Waals surface area contributed by atoms with Crippen molar-refractivity contribution in [2.45, 2.75) is 19.9 Å². The average Bonchev–Trinajstić information content (AvgIpc) is 2.36. The van der Waals surface area contributed by atoms with E-state index >= 15 is 0 Å². The van der Waals surface area contributed by atoms with Gasteiger partial charge in [0.05, 0.1) is 6.04 Å². The number of para-hydroxylation sites is 1. The molecular formula is C16H19NO. The van der Waals surface area contributed by atoms with Gasteiger partial charge in [-0.25, -0.2) is 0 Å². The summed E-state index contributed by atoms with van der Waals surface area (Å²) < 4.78 is 5.68. The molecule has 1 unspecified atom stereocenters. The molecule has 2 aromatic carbocycles. The molecule has 0 saturated heterocycles. The van der Waals surface area contributed by atoms with Gasteiger partial charge >= 0.3 is 0 Å². The highest BCUT2D eigenvalue weighted by Gasteiger charge is 2.07. The van der Waals surface area contributed by atoms with Gasteiger partial charge in [-0.15, -0.1) is 0 Å². The highest BCUT2D eigenvalue weighted by atomic mass is 16.5. The maximum absolute atomic E-state index is 6.16. The quantitative estimate of drug-likeness (QED) is 0.890. The molecule has 0 aliphatic carbocycles. The number of hydrogen-bond donors (Lipinski definition) is 1. The Morgan fingerprint density at radius 2 is 1.61 bits per heavy atom. The number of ether oxygens (including phenoxy) is 1. The Balaban J connectivity index is 2.01. The summed E-state index contributed by atoms with van der Waals surface area (Å²) in [5.41, 5.74) is 9.76. The van der Waals surface area contributed by atoms with Gasteiger partial charge in [0.1, 0.15) is 12.4 Å². The average molecular weight is 241 g/mol. The topological polar surface area (TPSA) is 35.2 Å². The summed E-state index contributed by atoms with van der Waals surface area (Å²) in [5.74, 6) is 0.859. The van der Waals surface area contributed by atoms with Crippen molar-refractivity contribution >= 4 is 0 Å². The number of nitrogens with two attached hydrogens (primary N) is 1. The van der Waals surface area contributed by atoms with Crippen LogP contribution in [-0.2, 0) is 0 Å². The Labute approximate surface area is 108 Å². The minimum atomic E-state index is -0.0937. The van der Waals surface area contributed by atoms with Crippen molar-refractivity contribution in [1.82, 2.24) is 0 Å². The van der Waals surface area contributed by atoms with Crippen LogP contribution in [0.5, 0.6) is 5.75 Å². The van der Waals surface area contributed by atoms with Crippen LogP contribution < -0.4 is 10.5 Å². The van der Waals surface area contributed by atoms with Gasteiger partial charge in [0.2, 0.25) is 0 Å². The molecule has 0 spiro atoms. The zero-order chi connectivity index (χ0) is 13.0. The molecule has 1 atom stereocenters. The molecule has 0 aromatic heterocycles. The van der Waals surface area contributed by atoms with E-state index in [0.29, 0.717) is 6.61 Å². The lowest BCUT2D eigenvalue weighted by atomic mass is 10.0. The Kier molecular flexibility index (Phi) is 4.00. The minimum absolute atomic E-state index is 0.0937. The van der Waals surface area contributed by atoms with Crippen molar-refractivity contribution in [2.24, 2.45) is 5.73 Å². The van der Waals surface area contributed by atoms with Crippen LogP contribution in [0.4, 0.5) is 0 Å². The number of hydrogen-bond acceptors (Lipinski definition) is 2. The summed E-state index contributed by atoms with van der Waals surface area (Å²) in [4.78, 5) is 0. The minimum Gasteiger partial charge on any atom is -0.492 e. The number of aryl methyl sites for hydroxylation is 2. The van der Waals surface area contributed by atoms with Crippen LogP contribution in [0.3, 0.4) is 0 Å². The van der Waals surface area contributed by atoms with E-state index in [-0.39, 0.29) is 6.04 Å². The van der Waals surface area contributed by atoms with Gasteiger partial charge in [-0.2, -0.15) is 0 Å². The van der Waals surface area contributed by atoms with Crippen LogP contribution in [0.15, 0.2) is 48.5 Å². The highest BCUT2D eigenvalue weighted by molar-refractivity contribution is 5.30. The van der Waals surface area contributed by atoms with Gasteiger partial charge in [-0.3, -0.25) is 0 Å². The smallest absolute Gasteiger partial charge is 0.119 e. The van der Waals surface area contributed by atoms with Crippen LogP contribution in [0.2, 0.25) is 0 Å². The fraction of sp³-hybridized carbons (Fsp3) is 0.250. The second kappa shape index (κ2) is 5.69. The van der Waals surface area contributed by atoms with Crippen molar-refractivity contribution in [1.29, 1.82) is 0 Å². The molecule has 2 heteroatoms. The second-order valence-electron chi connectivity index (χ2n) is 4.65. The standard InChI is InChI=1S/C16H19NO/c1-12-8-13(2)10-14(9-12)16(17)11-18-15-6-4-3-5-7-15/h3-10,16H,11,17H2,1-2H3. The van der Waals surface area contributed by atoms with Gasteiger partial charge < -0.3 is 10.5 Å². The number of benzene rings is 2. The zero-order valence-corrected chi connectivity index (χ0v) is 10.9. The third-order valence-corrected chi connectivity index (χ3v) is 2.84. The van der Waals surface area contributed by atoms with Gasteiger partial charge in [0.15, 0.2) is 0 Å². The van der Waals surface area contributed by atoms with Crippen molar-refractivity contribution in [3.8, 4) is 5.75 Å². The van der Waals surface area contributed by atoms with Crippen LogP contribution >= 0.6 is 0 Å². The highest BCUT2D eigenvalue weighted by Crippen LogP contribution is 2.17. The predicted molar refractivity (Wildman–Crippen MR) is 74.8 cm³/mol. The molecule has 0 aliphatic heterocycles. The van der Waals surface area contributed by atoms with Crippen LogP contribution in [0.1, 0.15) is 22.7 Å². The normalized spacial score (nSPS) is 12.2. The molecule has 0 bridgehead atoms. The summed E-state index contributed by atoms with van der Waals surface area (Å²) in [6.45, 7) is 4.66. The molecule has 0 heterocycles. The van der Waals surface area contributed by atoms with E-state index in [0.717, 1.165) is 11.3 Å². The van der Waals surface area contributed by atoms with Crippen molar-refractivity contribution < 1.29 is 4.74 Å². The SMILES string of the molecule is Cc1cc(C)cc(C(N)COc2ccccc2)c1. The monoisotopic (exact) mass is 241 g/mol. The first-order valence-corrected chi connectivity index (χ1v) is 6.17. The van der Waals surface area contributed by atoms with Gasteiger partial charge in [-0.1, -0.05) is 47.5 Å². The van der Waals surface area contributed by atoms with Gasteiger partial charge in [0, 0.05) is 0 Å². The zero-order valence-electron chi connectivity index (χ0n) is 10.9. The third kappa shape index (κ3) is 3.34. The van der Waals surface area contributed by atoms with E-state index in [4.69, 9.17) is 10.5 Å². The van der Waals surface area contributed by atoms with E-state index in [1.807, 2.05) is 30.3 Å². The van der Waals surface area contributed by atoms with Crippen LogP contribution in [0, 0.1) is 13.8 Å². The van der Waals surface area contributed by atoms with Crippen LogP contribution in [0.25, 0.3) is 0 Å². The summed E-state index contributed by atoms with van der Waals surface area (Å²) in [5, 5.41) is 0. The van der Waals surface area contributed by atoms with Gasteiger partial charge in [-0.05, 0) is 31.5 Å². The second-order valence-corrected chi connectivity index (χ2v) is 4.65. The number of rotatable bonds is 4. The Bertz CT molecular complexity index is 488. The Morgan fingerprint density at radius 3 is 2.22 bits per heavy atom. The maximum atomic E-state index is 6.16. The Morgan fingerprint density at radius 1 is 1.00 bits per heavy atom. The van der Waals surface area contributed by atoms with E-state index in [1.165, 1.54) is 11.1 Å². The fourth-order valence-corrected chi connectivity index (χ4v) is 2.02. The lowest BCUT2D eigenvalue weighted by molar-refractivity contribution is 0.290. The van der Waals surface area contributed by atoms with E-state index in [1.54, 1.807) is 0 Å². The molecule has 0 aliphatic rings. The maximum Gasteiger partial charge on any atom is 0.119 e. The third-order valence-electron chi connectivity index (χ3n) is 2.84. The van der Waals surface area contributed by atoms with Gasteiger partial charge in [0.25, 0.3) is 0 Å². The first-order valence-electron chi connectivity index (χ1n) is 6.17. The molecule has 0 radical (unpaired) electrons. The summed E-state index contributed by atoms with van der Waals surface area (Å²) >= 11 is 0. The molecule has 2 N–H and O–H groups in total. The van der Waals surface area contributed by atoms with E-state index in [9.17, 15) is 0 Å². The predicted octanol–water partition coefficient (Wildman–Crippen LogP) is 3.38. The first kappa shape index (κ1) is 12.7. The Hall–Kier alpha value is -1.80. The molecule has 0 fully saturated rings. The molecular weight excluding hydrogens is 222 g/mol. The first-order chi connectivity index (χ1) is 8.65. The van der Waals surface area contributed by atoms with E-state index in [2.05, 4.69) is 32.0 Å². The molecule has 2 nitrogen and oxygen atoms in total. The lowest BCUT2D eigenvalue weighted by Gasteiger charge is -2.15. The molecule has 18 heavy (non-hydrogen) atoms. The molecule has 2 rings (SSSR count). The molecule has 2 aromatic rings. The summed E-state index contributed by atoms with van der Waals surface area (Å²) in [6, 6.07) is 16.0. The lowest BCUT2D eigenvalue weighted by Crippen LogP contribution is -2.19. The van der Waals surface area contributed by atoms with Crippen molar-refractivity contribution in [3.63, 3.8) is 0 Å². The molecule has 0 saturated carbocycles. The fourth-order valence-electron chi connectivity index (χ4n) is 2.02. The molecule has 94 valence electrons. The van der Waals surface area contributed by atoms with Crippen LogP contribution in [-0.4, -0.2) is 6.61 Å².